The molecule has 0 radical (unpaired) electrons. The van der Waals surface area contributed by atoms with E-state index in [2.05, 4.69) is 20.6 Å². The van der Waals surface area contributed by atoms with Gasteiger partial charge in [-0.1, -0.05) is 6.07 Å². The van der Waals surface area contributed by atoms with E-state index in [0.29, 0.717) is 11.3 Å². The van der Waals surface area contributed by atoms with Crippen LogP contribution in [-0.2, 0) is 0 Å². The van der Waals surface area contributed by atoms with Crippen LogP contribution < -0.4 is 10.6 Å². The van der Waals surface area contributed by atoms with Crippen molar-refractivity contribution in [2.75, 3.05) is 12.4 Å². The molecule has 1 unspecified atom stereocenters. The first kappa shape index (κ1) is 13.0. The Labute approximate surface area is 112 Å². The average molecular weight is 256 g/mol. The molecule has 0 saturated carbocycles. The van der Waals surface area contributed by atoms with Crippen molar-refractivity contribution in [2.45, 2.75) is 13.0 Å². The molecule has 0 aliphatic carbocycles. The Hall–Kier alpha value is -2.43. The van der Waals surface area contributed by atoms with Crippen LogP contribution in [0.1, 0.15) is 28.9 Å². The van der Waals surface area contributed by atoms with Crippen LogP contribution in [0.5, 0.6) is 0 Å². The number of carbonyl (C=O) groups excluding carboxylic acids is 1. The number of hydrogen-bond acceptors (Lipinski definition) is 4. The second-order valence-electron chi connectivity index (χ2n) is 4.15. The van der Waals surface area contributed by atoms with Crippen molar-refractivity contribution < 1.29 is 4.79 Å². The number of nitrogens with zero attached hydrogens (tertiary/aromatic N) is 2. The summed E-state index contributed by atoms with van der Waals surface area (Å²) in [6.07, 6.45) is 6.69. The van der Waals surface area contributed by atoms with Gasteiger partial charge < -0.3 is 10.6 Å². The standard InChI is InChI=1S/C14H16N4O/c1-10(11-4-3-6-16-8-11)18-14(19)12-5-7-17-9-13(12)15-2/h3-10,15H,1-2H3,(H,18,19). The maximum atomic E-state index is 12.2. The number of rotatable bonds is 4. The lowest BCUT2D eigenvalue weighted by atomic mass is 10.1. The fourth-order valence-corrected chi connectivity index (χ4v) is 1.78. The molecule has 0 aliphatic rings. The third kappa shape index (κ3) is 3.07. The SMILES string of the molecule is CNc1cnccc1C(=O)NC(C)c1cccnc1. The third-order valence-electron chi connectivity index (χ3n) is 2.87. The molecule has 19 heavy (non-hydrogen) atoms. The summed E-state index contributed by atoms with van der Waals surface area (Å²) in [6.45, 7) is 1.93. The van der Waals surface area contributed by atoms with Gasteiger partial charge in [0.15, 0.2) is 0 Å². The van der Waals surface area contributed by atoms with Gasteiger partial charge in [0.05, 0.1) is 23.5 Å². The molecule has 0 bridgehead atoms. The predicted molar refractivity (Wildman–Crippen MR) is 73.9 cm³/mol. The van der Waals surface area contributed by atoms with E-state index in [1.54, 1.807) is 37.9 Å². The molecule has 0 fully saturated rings. The molecule has 98 valence electrons. The molecular weight excluding hydrogens is 240 g/mol. The maximum Gasteiger partial charge on any atom is 0.253 e. The number of aromatic nitrogens is 2. The third-order valence-corrected chi connectivity index (χ3v) is 2.87. The van der Waals surface area contributed by atoms with E-state index in [9.17, 15) is 4.79 Å². The molecule has 2 rings (SSSR count). The summed E-state index contributed by atoms with van der Waals surface area (Å²) in [7, 11) is 1.76. The van der Waals surface area contributed by atoms with E-state index < -0.39 is 0 Å². The summed E-state index contributed by atoms with van der Waals surface area (Å²) in [5.41, 5.74) is 2.25. The Morgan fingerprint density at radius 3 is 2.68 bits per heavy atom. The number of amides is 1. The summed E-state index contributed by atoms with van der Waals surface area (Å²) in [4.78, 5) is 20.2. The molecule has 2 aromatic heterocycles. The molecule has 0 aliphatic heterocycles. The molecular formula is C14H16N4O. The number of anilines is 1. The van der Waals surface area contributed by atoms with Crippen molar-refractivity contribution in [2.24, 2.45) is 0 Å². The highest BCUT2D eigenvalue weighted by Crippen LogP contribution is 2.15. The van der Waals surface area contributed by atoms with Gasteiger partial charge in [-0.3, -0.25) is 14.8 Å². The summed E-state index contributed by atoms with van der Waals surface area (Å²) in [5.74, 6) is -0.136. The van der Waals surface area contributed by atoms with Gasteiger partial charge >= 0.3 is 0 Å². The van der Waals surface area contributed by atoms with Gasteiger partial charge in [-0.2, -0.15) is 0 Å². The largest absolute Gasteiger partial charge is 0.386 e. The van der Waals surface area contributed by atoms with E-state index in [0.717, 1.165) is 5.56 Å². The zero-order valence-corrected chi connectivity index (χ0v) is 10.9. The number of pyridine rings is 2. The predicted octanol–water partition coefficient (Wildman–Crippen LogP) is 2.01. The van der Waals surface area contributed by atoms with Gasteiger partial charge in [0.2, 0.25) is 0 Å². The molecule has 2 N–H and O–H groups in total. The fraction of sp³-hybridized carbons (Fsp3) is 0.214. The normalized spacial score (nSPS) is 11.7. The molecule has 0 spiro atoms. The minimum atomic E-state index is -0.136. The van der Waals surface area contributed by atoms with Crippen LogP contribution in [0.4, 0.5) is 5.69 Å². The first-order valence-corrected chi connectivity index (χ1v) is 6.05. The first-order chi connectivity index (χ1) is 9.22. The van der Waals surface area contributed by atoms with Crippen LogP contribution in [0.2, 0.25) is 0 Å². The quantitative estimate of drug-likeness (QED) is 0.878. The highest BCUT2D eigenvalue weighted by Gasteiger charge is 2.14. The molecule has 2 aromatic rings. The molecule has 1 atom stereocenters. The van der Waals surface area contributed by atoms with E-state index in [4.69, 9.17) is 0 Å². The Balaban J connectivity index is 2.13. The van der Waals surface area contributed by atoms with Crippen molar-refractivity contribution in [1.29, 1.82) is 0 Å². The molecule has 1 amide bonds. The molecule has 2 heterocycles. The van der Waals surface area contributed by atoms with Gasteiger partial charge in [-0.15, -0.1) is 0 Å². The number of nitrogens with one attached hydrogen (secondary N) is 2. The lowest BCUT2D eigenvalue weighted by Gasteiger charge is -2.15. The van der Waals surface area contributed by atoms with Crippen molar-refractivity contribution in [1.82, 2.24) is 15.3 Å². The second kappa shape index (κ2) is 5.95. The van der Waals surface area contributed by atoms with Crippen molar-refractivity contribution in [3.05, 3.63) is 54.1 Å². The van der Waals surface area contributed by atoms with Gasteiger partial charge in [0.25, 0.3) is 5.91 Å². The topological polar surface area (TPSA) is 66.9 Å². The van der Waals surface area contributed by atoms with Gasteiger partial charge in [0, 0.05) is 25.6 Å². The zero-order valence-electron chi connectivity index (χ0n) is 10.9. The van der Waals surface area contributed by atoms with E-state index in [-0.39, 0.29) is 11.9 Å². The van der Waals surface area contributed by atoms with Crippen LogP contribution in [-0.4, -0.2) is 22.9 Å². The molecule has 0 saturated heterocycles. The number of carbonyl (C=O) groups is 1. The van der Waals surface area contributed by atoms with Gasteiger partial charge in [-0.05, 0) is 24.6 Å². The Bertz CT molecular complexity index is 556. The smallest absolute Gasteiger partial charge is 0.253 e. The molecule has 5 nitrogen and oxygen atoms in total. The van der Waals surface area contributed by atoms with Crippen LogP contribution in [0.15, 0.2) is 43.0 Å². The zero-order chi connectivity index (χ0) is 13.7. The summed E-state index contributed by atoms with van der Waals surface area (Å²) < 4.78 is 0. The average Bonchev–Trinajstić information content (AvgIpc) is 2.48. The second-order valence-corrected chi connectivity index (χ2v) is 4.15. The van der Waals surface area contributed by atoms with Crippen LogP contribution in [0.3, 0.4) is 0 Å². The lowest BCUT2D eigenvalue weighted by molar-refractivity contribution is 0.0940. The fourth-order valence-electron chi connectivity index (χ4n) is 1.78. The van der Waals surface area contributed by atoms with E-state index in [1.165, 1.54) is 0 Å². The van der Waals surface area contributed by atoms with Crippen molar-refractivity contribution in [3.8, 4) is 0 Å². The minimum absolute atomic E-state index is 0.0981. The van der Waals surface area contributed by atoms with Gasteiger partial charge in [0.1, 0.15) is 0 Å². The van der Waals surface area contributed by atoms with Crippen molar-refractivity contribution >= 4 is 11.6 Å². The minimum Gasteiger partial charge on any atom is -0.386 e. The Kier molecular flexibility index (Phi) is 4.07. The Morgan fingerprint density at radius 1 is 1.21 bits per heavy atom. The van der Waals surface area contributed by atoms with Crippen molar-refractivity contribution in [3.63, 3.8) is 0 Å². The summed E-state index contributed by atoms with van der Waals surface area (Å²) in [5, 5.41) is 5.89. The number of hydrogen-bond donors (Lipinski definition) is 2. The summed E-state index contributed by atoms with van der Waals surface area (Å²) >= 11 is 0. The lowest BCUT2D eigenvalue weighted by Crippen LogP contribution is -2.27. The van der Waals surface area contributed by atoms with Crippen LogP contribution >= 0.6 is 0 Å². The van der Waals surface area contributed by atoms with Crippen LogP contribution in [0, 0.1) is 0 Å². The van der Waals surface area contributed by atoms with E-state index in [1.807, 2.05) is 19.1 Å². The molecule has 5 heteroatoms. The summed E-state index contributed by atoms with van der Waals surface area (Å²) in [6, 6.07) is 5.38. The Morgan fingerprint density at radius 2 is 2.00 bits per heavy atom. The maximum absolute atomic E-state index is 12.2. The highest BCUT2D eigenvalue weighted by atomic mass is 16.1. The van der Waals surface area contributed by atoms with Crippen LogP contribution in [0.25, 0.3) is 0 Å². The van der Waals surface area contributed by atoms with E-state index >= 15 is 0 Å². The monoisotopic (exact) mass is 256 g/mol. The first-order valence-electron chi connectivity index (χ1n) is 6.05. The molecule has 0 aromatic carbocycles. The van der Waals surface area contributed by atoms with Gasteiger partial charge in [-0.25, -0.2) is 0 Å². The highest BCUT2D eigenvalue weighted by molar-refractivity contribution is 5.99.